The number of nitrogens with one attached hydrogen (secondary N) is 1. The smallest absolute Gasteiger partial charge is 0.308 e. The van der Waals surface area contributed by atoms with Crippen LogP contribution in [0.2, 0.25) is 0 Å². The predicted molar refractivity (Wildman–Crippen MR) is 98.7 cm³/mol. The SMILES string of the molecule is COc1cc2ccc(NC(=O)c3ccc(C)cc3)nc2cc1OC(C)=O. The molecule has 1 aromatic heterocycles. The summed E-state index contributed by atoms with van der Waals surface area (Å²) in [5.41, 5.74) is 2.20. The lowest BCUT2D eigenvalue weighted by Gasteiger charge is -2.10. The molecule has 0 saturated carbocycles. The van der Waals surface area contributed by atoms with Crippen molar-refractivity contribution in [3.8, 4) is 11.5 Å². The maximum atomic E-state index is 12.3. The molecule has 0 atom stereocenters. The summed E-state index contributed by atoms with van der Waals surface area (Å²) in [6.45, 7) is 3.27. The number of esters is 1. The number of hydrogen-bond acceptors (Lipinski definition) is 5. The van der Waals surface area contributed by atoms with Gasteiger partial charge in [-0.2, -0.15) is 0 Å². The Hall–Kier alpha value is -3.41. The van der Waals surface area contributed by atoms with Crippen molar-refractivity contribution in [3.63, 3.8) is 0 Å². The molecular weight excluding hydrogens is 332 g/mol. The molecule has 132 valence electrons. The van der Waals surface area contributed by atoms with Crippen molar-refractivity contribution in [1.29, 1.82) is 0 Å². The number of methoxy groups -OCH3 is 1. The first-order chi connectivity index (χ1) is 12.5. The van der Waals surface area contributed by atoms with E-state index in [4.69, 9.17) is 9.47 Å². The Morgan fingerprint density at radius 1 is 1.00 bits per heavy atom. The topological polar surface area (TPSA) is 77.5 Å². The van der Waals surface area contributed by atoms with Crippen LogP contribution in [0.15, 0.2) is 48.5 Å². The van der Waals surface area contributed by atoms with Gasteiger partial charge in [0.15, 0.2) is 11.5 Å². The first-order valence-corrected chi connectivity index (χ1v) is 8.01. The monoisotopic (exact) mass is 350 g/mol. The van der Waals surface area contributed by atoms with Gasteiger partial charge in [-0.1, -0.05) is 17.7 Å². The second-order valence-corrected chi connectivity index (χ2v) is 5.81. The van der Waals surface area contributed by atoms with E-state index in [1.807, 2.05) is 25.1 Å². The number of hydrogen-bond donors (Lipinski definition) is 1. The van der Waals surface area contributed by atoms with Gasteiger partial charge in [-0.3, -0.25) is 9.59 Å². The van der Waals surface area contributed by atoms with E-state index in [2.05, 4.69) is 10.3 Å². The minimum Gasteiger partial charge on any atom is -0.493 e. The molecule has 0 unspecified atom stereocenters. The Balaban J connectivity index is 1.91. The van der Waals surface area contributed by atoms with E-state index >= 15 is 0 Å². The molecule has 6 heteroatoms. The molecule has 0 saturated heterocycles. The molecule has 0 spiro atoms. The zero-order valence-electron chi connectivity index (χ0n) is 14.7. The van der Waals surface area contributed by atoms with Crippen LogP contribution < -0.4 is 14.8 Å². The standard InChI is InChI=1S/C20H18N2O4/c1-12-4-6-14(7-5-12)20(24)22-19-9-8-15-10-17(25-3)18(26-13(2)23)11-16(15)21-19/h4-11H,1-3H3,(H,21,22,24). The summed E-state index contributed by atoms with van der Waals surface area (Å²) in [5, 5.41) is 3.57. The van der Waals surface area contributed by atoms with E-state index in [1.54, 1.807) is 30.3 Å². The summed E-state index contributed by atoms with van der Waals surface area (Å²) in [6, 6.07) is 14.1. The van der Waals surface area contributed by atoms with E-state index < -0.39 is 5.97 Å². The highest BCUT2D eigenvalue weighted by Gasteiger charge is 2.12. The average Bonchev–Trinajstić information content (AvgIpc) is 2.61. The van der Waals surface area contributed by atoms with E-state index in [0.29, 0.717) is 22.6 Å². The van der Waals surface area contributed by atoms with Crippen molar-refractivity contribution < 1.29 is 19.1 Å². The van der Waals surface area contributed by atoms with Crippen LogP contribution in [0, 0.1) is 6.92 Å². The third kappa shape index (κ3) is 3.80. The molecule has 26 heavy (non-hydrogen) atoms. The largest absolute Gasteiger partial charge is 0.493 e. The van der Waals surface area contributed by atoms with Crippen LogP contribution in [-0.4, -0.2) is 24.0 Å². The van der Waals surface area contributed by atoms with E-state index in [0.717, 1.165) is 10.9 Å². The Morgan fingerprint density at radius 2 is 1.73 bits per heavy atom. The van der Waals surface area contributed by atoms with Crippen LogP contribution in [-0.2, 0) is 4.79 Å². The maximum Gasteiger partial charge on any atom is 0.308 e. The van der Waals surface area contributed by atoms with Gasteiger partial charge < -0.3 is 14.8 Å². The lowest BCUT2D eigenvalue weighted by Crippen LogP contribution is -2.12. The minimum atomic E-state index is -0.452. The zero-order valence-corrected chi connectivity index (χ0v) is 14.7. The second kappa shape index (κ2) is 7.23. The van der Waals surface area contributed by atoms with Crippen molar-refractivity contribution >= 4 is 28.6 Å². The molecule has 0 radical (unpaired) electrons. The molecular formula is C20H18N2O4. The fraction of sp³-hybridized carbons (Fsp3) is 0.150. The summed E-state index contributed by atoms with van der Waals surface area (Å²) in [5.74, 6) is 0.423. The van der Waals surface area contributed by atoms with Crippen LogP contribution >= 0.6 is 0 Å². The number of amides is 1. The summed E-state index contributed by atoms with van der Waals surface area (Å²) in [4.78, 5) is 28.0. The number of benzene rings is 2. The Morgan fingerprint density at radius 3 is 2.38 bits per heavy atom. The van der Waals surface area contributed by atoms with Gasteiger partial charge >= 0.3 is 5.97 Å². The minimum absolute atomic E-state index is 0.245. The van der Waals surface area contributed by atoms with Gasteiger partial charge in [-0.05, 0) is 37.3 Å². The van der Waals surface area contributed by atoms with Gasteiger partial charge in [0, 0.05) is 23.9 Å². The van der Waals surface area contributed by atoms with Crippen molar-refractivity contribution in [3.05, 3.63) is 59.7 Å². The lowest BCUT2D eigenvalue weighted by molar-refractivity contribution is -0.132. The number of ether oxygens (including phenoxy) is 2. The van der Waals surface area contributed by atoms with Gasteiger partial charge in [-0.25, -0.2) is 4.98 Å². The molecule has 0 aliphatic heterocycles. The molecule has 0 aliphatic carbocycles. The molecule has 0 aliphatic rings. The molecule has 1 N–H and O–H groups in total. The highest BCUT2D eigenvalue weighted by molar-refractivity contribution is 6.04. The molecule has 3 rings (SSSR count). The van der Waals surface area contributed by atoms with Crippen molar-refractivity contribution in [2.45, 2.75) is 13.8 Å². The number of aryl methyl sites for hydroxylation is 1. The Labute approximate surface area is 150 Å². The highest BCUT2D eigenvalue weighted by atomic mass is 16.6. The van der Waals surface area contributed by atoms with Crippen molar-refractivity contribution in [1.82, 2.24) is 4.98 Å². The Kier molecular flexibility index (Phi) is 4.84. The predicted octanol–water partition coefficient (Wildman–Crippen LogP) is 3.73. The summed E-state index contributed by atoms with van der Waals surface area (Å²) in [6.07, 6.45) is 0. The van der Waals surface area contributed by atoms with Gasteiger partial charge in [-0.15, -0.1) is 0 Å². The fourth-order valence-corrected chi connectivity index (χ4v) is 2.49. The number of aromatic nitrogens is 1. The number of anilines is 1. The molecule has 6 nitrogen and oxygen atoms in total. The molecule has 0 bridgehead atoms. The van der Waals surface area contributed by atoms with Gasteiger partial charge in [0.25, 0.3) is 5.91 Å². The molecule has 2 aromatic carbocycles. The van der Waals surface area contributed by atoms with Crippen LogP contribution in [0.4, 0.5) is 5.82 Å². The third-order valence-corrected chi connectivity index (χ3v) is 3.78. The number of carbonyl (C=O) groups is 2. The van der Waals surface area contributed by atoms with Crippen LogP contribution in [0.3, 0.4) is 0 Å². The third-order valence-electron chi connectivity index (χ3n) is 3.78. The van der Waals surface area contributed by atoms with Crippen molar-refractivity contribution in [2.24, 2.45) is 0 Å². The molecule has 3 aromatic rings. The van der Waals surface area contributed by atoms with E-state index in [1.165, 1.54) is 14.0 Å². The maximum absolute atomic E-state index is 12.3. The van der Waals surface area contributed by atoms with Crippen molar-refractivity contribution in [2.75, 3.05) is 12.4 Å². The van der Waals surface area contributed by atoms with Gasteiger partial charge in [0.2, 0.25) is 0 Å². The lowest BCUT2D eigenvalue weighted by atomic mass is 10.1. The first kappa shape index (κ1) is 17.4. The molecule has 1 amide bonds. The zero-order chi connectivity index (χ0) is 18.7. The first-order valence-electron chi connectivity index (χ1n) is 8.01. The quantitative estimate of drug-likeness (QED) is 0.573. The number of nitrogens with zero attached hydrogens (tertiary/aromatic N) is 1. The van der Waals surface area contributed by atoms with E-state index in [-0.39, 0.29) is 11.7 Å². The number of fused-ring (bicyclic) bond motifs is 1. The van der Waals surface area contributed by atoms with Crippen LogP contribution in [0.5, 0.6) is 11.5 Å². The number of rotatable bonds is 4. The van der Waals surface area contributed by atoms with E-state index in [9.17, 15) is 9.59 Å². The molecule has 1 heterocycles. The highest BCUT2D eigenvalue weighted by Crippen LogP contribution is 2.32. The molecule has 0 fully saturated rings. The average molecular weight is 350 g/mol. The second-order valence-electron chi connectivity index (χ2n) is 5.81. The van der Waals surface area contributed by atoms with Gasteiger partial charge in [0.1, 0.15) is 5.82 Å². The number of carbonyl (C=O) groups excluding carboxylic acids is 2. The summed E-state index contributed by atoms with van der Waals surface area (Å²) in [7, 11) is 1.50. The summed E-state index contributed by atoms with van der Waals surface area (Å²) < 4.78 is 10.4. The van der Waals surface area contributed by atoms with Gasteiger partial charge in [0.05, 0.1) is 12.6 Å². The Bertz CT molecular complexity index is 981. The van der Waals surface area contributed by atoms with Crippen LogP contribution in [0.1, 0.15) is 22.8 Å². The number of pyridine rings is 1. The van der Waals surface area contributed by atoms with Crippen LogP contribution in [0.25, 0.3) is 10.9 Å². The summed E-state index contributed by atoms with van der Waals surface area (Å²) >= 11 is 0. The normalized spacial score (nSPS) is 10.4. The fourth-order valence-electron chi connectivity index (χ4n) is 2.49.